The van der Waals surface area contributed by atoms with Gasteiger partial charge < -0.3 is 19.1 Å². The molecular formula is C16H16FNO6. The van der Waals surface area contributed by atoms with E-state index in [0.717, 1.165) is 25.2 Å². The van der Waals surface area contributed by atoms with Crippen LogP contribution in [-0.2, 0) is 23.8 Å². The molecule has 1 heterocycles. The minimum Gasteiger partial charge on any atom is -0.466 e. The Kier molecular flexibility index (Phi) is 5.30. The van der Waals surface area contributed by atoms with Gasteiger partial charge in [0, 0.05) is 5.56 Å². The maximum atomic E-state index is 14.4. The molecule has 0 unspecified atom stereocenters. The number of methoxy groups -OCH3 is 2. The number of hydrogen-bond donors (Lipinski definition) is 0. The highest BCUT2D eigenvalue weighted by Gasteiger charge is 2.35. The minimum atomic E-state index is -0.864. The van der Waals surface area contributed by atoms with Gasteiger partial charge in [0.2, 0.25) is 0 Å². The number of para-hydroxylation sites is 1. The van der Waals surface area contributed by atoms with Crippen LogP contribution in [0.2, 0.25) is 0 Å². The Balaban J connectivity index is 2.71. The summed E-state index contributed by atoms with van der Waals surface area (Å²) in [6, 6.07) is 3.94. The number of rotatable bonds is 4. The van der Waals surface area contributed by atoms with Crippen molar-refractivity contribution in [1.82, 2.24) is 0 Å². The second-order valence-electron chi connectivity index (χ2n) is 4.91. The van der Waals surface area contributed by atoms with E-state index >= 15 is 0 Å². The van der Waals surface area contributed by atoms with Crippen molar-refractivity contribution in [3.8, 4) is 0 Å². The average molecular weight is 337 g/mol. The van der Waals surface area contributed by atoms with Gasteiger partial charge in [0.05, 0.1) is 32.1 Å². The fraction of sp³-hybridized carbons (Fsp3) is 0.312. The van der Waals surface area contributed by atoms with Gasteiger partial charge in [-0.1, -0.05) is 6.07 Å². The highest BCUT2D eigenvalue weighted by molar-refractivity contribution is 6.06. The Hall–Kier alpha value is -2.74. The van der Waals surface area contributed by atoms with E-state index in [4.69, 9.17) is 9.47 Å². The zero-order valence-corrected chi connectivity index (χ0v) is 13.4. The first-order valence-electron chi connectivity index (χ1n) is 6.96. The molecule has 0 aliphatic carbocycles. The van der Waals surface area contributed by atoms with E-state index in [9.17, 15) is 18.8 Å². The summed E-state index contributed by atoms with van der Waals surface area (Å²) in [5.41, 5.74) is -0.450. The molecule has 1 aliphatic heterocycles. The summed E-state index contributed by atoms with van der Waals surface area (Å²) < 4.78 is 29.0. The molecule has 0 saturated carbocycles. The highest BCUT2D eigenvalue weighted by Crippen LogP contribution is 2.32. The van der Waals surface area contributed by atoms with Gasteiger partial charge in [-0.2, -0.15) is 0 Å². The SMILES string of the molecule is COC(=O)C1=C(C(=O)OC)N(c2c(F)cccc2C(C)=O)COC1. The van der Waals surface area contributed by atoms with E-state index < -0.39 is 23.5 Å². The lowest BCUT2D eigenvalue weighted by atomic mass is 10.1. The van der Waals surface area contributed by atoms with Crippen LogP contribution >= 0.6 is 0 Å². The second kappa shape index (κ2) is 7.22. The molecule has 128 valence electrons. The molecule has 1 aromatic rings. The van der Waals surface area contributed by atoms with Crippen LogP contribution in [0.1, 0.15) is 17.3 Å². The topological polar surface area (TPSA) is 82.1 Å². The van der Waals surface area contributed by atoms with Gasteiger partial charge >= 0.3 is 11.9 Å². The number of nitrogens with zero attached hydrogens (tertiary/aromatic N) is 1. The Morgan fingerprint density at radius 2 is 1.83 bits per heavy atom. The Bertz CT molecular complexity index is 727. The number of Topliss-reactive ketones (excluding diaryl/α,β-unsaturated/α-hetero) is 1. The summed E-state index contributed by atoms with van der Waals surface area (Å²) in [4.78, 5) is 37.0. The minimum absolute atomic E-state index is 0.0473. The van der Waals surface area contributed by atoms with Crippen molar-refractivity contribution in [3.05, 3.63) is 40.8 Å². The van der Waals surface area contributed by atoms with Crippen molar-refractivity contribution in [2.45, 2.75) is 6.92 Å². The van der Waals surface area contributed by atoms with Crippen molar-refractivity contribution >= 4 is 23.4 Å². The number of carbonyl (C=O) groups is 3. The summed E-state index contributed by atoms with van der Waals surface area (Å²) in [6.45, 7) is 0.843. The first kappa shape index (κ1) is 17.6. The lowest BCUT2D eigenvalue weighted by Gasteiger charge is -2.32. The first-order valence-corrected chi connectivity index (χ1v) is 6.96. The number of benzene rings is 1. The number of hydrogen-bond acceptors (Lipinski definition) is 7. The molecule has 0 aromatic heterocycles. The summed E-state index contributed by atoms with van der Waals surface area (Å²) in [5.74, 6) is -2.81. The third-order valence-corrected chi connectivity index (χ3v) is 3.47. The molecule has 0 bridgehead atoms. The maximum Gasteiger partial charge on any atom is 0.355 e. The fourth-order valence-corrected chi connectivity index (χ4v) is 2.39. The number of anilines is 1. The van der Waals surface area contributed by atoms with Gasteiger partial charge in [0.25, 0.3) is 0 Å². The van der Waals surface area contributed by atoms with Gasteiger partial charge in [-0.15, -0.1) is 0 Å². The van der Waals surface area contributed by atoms with Crippen LogP contribution in [0, 0.1) is 5.82 Å². The molecule has 2 rings (SSSR count). The Labute approximate surface area is 137 Å². The molecule has 24 heavy (non-hydrogen) atoms. The molecule has 1 aliphatic rings. The Morgan fingerprint density at radius 3 is 2.42 bits per heavy atom. The molecule has 0 atom stereocenters. The largest absolute Gasteiger partial charge is 0.466 e. The molecule has 0 radical (unpaired) electrons. The van der Waals surface area contributed by atoms with Gasteiger partial charge in [-0.25, -0.2) is 14.0 Å². The molecule has 0 fully saturated rings. The van der Waals surface area contributed by atoms with Gasteiger partial charge in [-0.3, -0.25) is 4.79 Å². The van der Waals surface area contributed by atoms with Gasteiger partial charge in [-0.05, 0) is 19.1 Å². The lowest BCUT2D eigenvalue weighted by Crippen LogP contribution is -2.39. The Morgan fingerprint density at radius 1 is 1.17 bits per heavy atom. The predicted molar refractivity (Wildman–Crippen MR) is 80.8 cm³/mol. The quantitative estimate of drug-likeness (QED) is 0.607. The number of ether oxygens (including phenoxy) is 3. The third-order valence-electron chi connectivity index (χ3n) is 3.47. The van der Waals surface area contributed by atoms with Crippen molar-refractivity contribution in [3.63, 3.8) is 0 Å². The third kappa shape index (κ3) is 3.13. The summed E-state index contributed by atoms with van der Waals surface area (Å²) in [6.07, 6.45) is 0. The number of ketones is 1. The zero-order chi connectivity index (χ0) is 17.9. The maximum absolute atomic E-state index is 14.4. The van der Waals surface area contributed by atoms with E-state index in [-0.39, 0.29) is 35.9 Å². The standard InChI is InChI=1S/C16H16FNO6/c1-9(19)10-5-4-6-12(17)13(10)18-8-24-7-11(15(20)22-2)14(18)16(21)23-3/h4-6H,7-8H2,1-3H3. The molecule has 1 aromatic carbocycles. The summed E-state index contributed by atoms with van der Waals surface area (Å²) >= 11 is 0. The fourth-order valence-electron chi connectivity index (χ4n) is 2.39. The lowest BCUT2D eigenvalue weighted by molar-refractivity contribution is -0.140. The van der Waals surface area contributed by atoms with Crippen LogP contribution in [0.25, 0.3) is 0 Å². The molecule has 0 spiro atoms. The van der Waals surface area contributed by atoms with E-state index in [0.29, 0.717) is 0 Å². The molecule has 7 nitrogen and oxygen atoms in total. The number of esters is 2. The number of halogens is 1. The van der Waals surface area contributed by atoms with Crippen LogP contribution in [-0.4, -0.2) is 45.3 Å². The molecule has 0 saturated heterocycles. The van der Waals surface area contributed by atoms with Crippen LogP contribution in [0.3, 0.4) is 0 Å². The number of carbonyl (C=O) groups excluding carboxylic acids is 3. The van der Waals surface area contributed by atoms with E-state index in [1.807, 2.05) is 0 Å². The highest BCUT2D eigenvalue weighted by atomic mass is 19.1. The molecule has 0 N–H and O–H groups in total. The average Bonchev–Trinajstić information content (AvgIpc) is 2.59. The van der Waals surface area contributed by atoms with Crippen molar-refractivity contribution < 1.29 is 33.0 Å². The molecular weight excluding hydrogens is 321 g/mol. The van der Waals surface area contributed by atoms with Crippen LogP contribution < -0.4 is 4.90 Å². The molecule has 8 heteroatoms. The van der Waals surface area contributed by atoms with Crippen LogP contribution in [0.4, 0.5) is 10.1 Å². The van der Waals surface area contributed by atoms with Crippen LogP contribution in [0.5, 0.6) is 0 Å². The van der Waals surface area contributed by atoms with Crippen molar-refractivity contribution in [2.24, 2.45) is 0 Å². The van der Waals surface area contributed by atoms with E-state index in [1.165, 1.54) is 19.1 Å². The summed E-state index contributed by atoms with van der Waals surface area (Å²) in [5, 5.41) is 0. The van der Waals surface area contributed by atoms with Crippen molar-refractivity contribution in [1.29, 1.82) is 0 Å². The van der Waals surface area contributed by atoms with Crippen molar-refractivity contribution in [2.75, 3.05) is 32.5 Å². The van der Waals surface area contributed by atoms with E-state index in [2.05, 4.69) is 4.74 Å². The van der Waals surface area contributed by atoms with Gasteiger partial charge in [0.15, 0.2) is 5.78 Å². The zero-order valence-electron chi connectivity index (χ0n) is 13.4. The predicted octanol–water partition coefficient (Wildman–Crippen LogP) is 1.42. The smallest absolute Gasteiger partial charge is 0.355 e. The van der Waals surface area contributed by atoms with Crippen LogP contribution in [0.15, 0.2) is 29.5 Å². The van der Waals surface area contributed by atoms with E-state index in [1.54, 1.807) is 0 Å². The normalized spacial score (nSPS) is 14.4. The molecule has 0 amide bonds. The monoisotopic (exact) mass is 337 g/mol. The summed E-state index contributed by atoms with van der Waals surface area (Å²) in [7, 11) is 2.28. The first-order chi connectivity index (χ1) is 11.4. The van der Waals surface area contributed by atoms with Gasteiger partial charge in [0.1, 0.15) is 18.2 Å². The second-order valence-corrected chi connectivity index (χ2v) is 4.91.